The van der Waals surface area contributed by atoms with Crippen LogP contribution in [0.2, 0.25) is 0 Å². The highest BCUT2D eigenvalue weighted by Crippen LogP contribution is 2.75. The predicted octanol–water partition coefficient (Wildman–Crippen LogP) is 5.34. The summed E-state index contributed by atoms with van der Waals surface area (Å²) in [6.07, 6.45) is 0.908. The lowest BCUT2D eigenvalue weighted by Crippen LogP contribution is -2.27. The summed E-state index contributed by atoms with van der Waals surface area (Å²) in [5.74, 6) is 0. The number of hydrogen-bond donors (Lipinski definition) is 0. The lowest BCUT2D eigenvalue weighted by molar-refractivity contribution is 0.208. The van der Waals surface area contributed by atoms with E-state index >= 15 is 0 Å². The van der Waals surface area contributed by atoms with Crippen LogP contribution in [0.25, 0.3) is 0 Å². The average molecular weight is 469 g/mol. The number of benzene rings is 2. The summed E-state index contributed by atoms with van der Waals surface area (Å²) in [6, 6.07) is 14.7. The van der Waals surface area contributed by atoms with Crippen LogP contribution in [0, 0.1) is 13.8 Å². The summed E-state index contributed by atoms with van der Waals surface area (Å²) in [5.41, 5.74) is 2.10. The molecule has 0 aliphatic heterocycles. The molecule has 0 saturated heterocycles. The molecular weight excluding hydrogens is 439 g/mol. The van der Waals surface area contributed by atoms with E-state index in [1.54, 1.807) is 19.1 Å². The minimum Gasteiger partial charge on any atom is -0.308 e. The Kier molecular flexibility index (Phi) is 7.52. The molecule has 5 atom stereocenters. The van der Waals surface area contributed by atoms with Crippen LogP contribution in [0.4, 0.5) is 0 Å². The molecule has 1 aliphatic carbocycles. The number of hydrogen-bond acceptors (Lipinski definition) is 5. The van der Waals surface area contributed by atoms with Gasteiger partial charge in [-0.05, 0) is 57.9 Å². The SMILES string of the molecule is CCCOP(=O)(OCC)[C@@]1([S@@](=O)c2ccc(C)cc2)C[C@H]1[S@](=O)c1ccc(C)cc1. The first-order valence-electron chi connectivity index (χ1n) is 10.1. The summed E-state index contributed by atoms with van der Waals surface area (Å²) < 4.78 is 51.2. The molecule has 164 valence electrons. The molecule has 0 aromatic heterocycles. The molecule has 0 radical (unpaired) electrons. The van der Waals surface area contributed by atoms with Gasteiger partial charge in [0.1, 0.15) is 0 Å². The molecule has 1 unspecified atom stereocenters. The maximum Gasteiger partial charge on any atom is 0.350 e. The van der Waals surface area contributed by atoms with E-state index in [0.717, 1.165) is 11.1 Å². The number of aryl methyl sites for hydroxylation is 2. The fourth-order valence-corrected chi connectivity index (χ4v) is 11.1. The van der Waals surface area contributed by atoms with Crippen LogP contribution in [0.5, 0.6) is 0 Å². The zero-order valence-electron chi connectivity index (χ0n) is 17.8. The summed E-state index contributed by atoms with van der Waals surface area (Å²) in [4.78, 5) is 1.18. The van der Waals surface area contributed by atoms with Gasteiger partial charge in [-0.15, -0.1) is 0 Å². The zero-order chi connectivity index (χ0) is 21.9. The van der Waals surface area contributed by atoms with Gasteiger partial charge in [0.2, 0.25) is 0 Å². The van der Waals surface area contributed by atoms with Crippen LogP contribution < -0.4 is 0 Å². The predicted molar refractivity (Wildman–Crippen MR) is 122 cm³/mol. The van der Waals surface area contributed by atoms with Crippen LogP contribution in [-0.4, -0.2) is 31.4 Å². The van der Waals surface area contributed by atoms with Crippen LogP contribution in [0.1, 0.15) is 37.8 Å². The van der Waals surface area contributed by atoms with Crippen molar-refractivity contribution in [1.82, 2.24) is 0 Å². The van der Waals surface area contributed by atoms with Crippen molar-refractivity contribution >= 4 is 29.2 Å². The molecule has 0 N–H and O–H groups in total. The minimum atomic E-state index is -3.79. The first-order chi connectivity index (χ1) is 14.3. The highest BCUT2D eigenvalue weighted by molar-refractivity contribution is 7.98. The van der Waals surface area contributed by atoms with Gasteiger partial charge < -0.3 is 9.05 Å². The third kappa shape index (κ3) is 4.42. The Balaban J connectivity index is 2.04. The quantitative estimate of drug-likeness (QED) is 0.440. The van der Waals surface area contributed by atoms with Crippen molar-refractivity contribution < 1.29 is 22.0 Å². The van der Waals surface area contributed by atoms with E-state index < -0.39 is 38.9 Å². The Morgan fingerprint density at radius 3 is 1.97 bits per heavy atom. The molecule has 2 aromatic carbocycles. The van der Waals surface area contributed by atoms with Crippen molar-refractivity contribution in [3.8, 4) is 0 Å². The highest BCUT2D eigenvalue weighted by atomic mass is 32.2. The van der Waals surface area contributed by atoms with Crippen molar-refractivity contribution in [2.45, 2.75) is 60.1 Å². The normalized spacial score (nSPS) is 24.7. The molecule has 8 heteroatoms. The Bertz CT molecular complexity index is 974. The van der Waals surface area contributed by atoms with E-state index in [1.165, 1.54) is 0 Å². The molecule has 1 aliphatic rings. The second kappa shape index (κ2) is 9.58. The molecule has 0 bridgehead atoms. The first kappa shape index (κ1) is 23.6. The van der Waals surface area contributed by atoms with Crippen molar-refractivity contribution in [2.24, 2.45) is 0 Å². The van der Waals surface area contributed by atoms with Gasteiger partial charge in [-0.1, -0.05) is 42.3 Å². The molecule has 1 saturated carbocycles. The van der Waals surface area contributed by atoms with E-state index in [4.69, 9.17) is 9.05 Å². The third-order valence-electron chi connectivity index (χ3n) is 5.12. The summed E-state index contributed by atoms with van der Waals surface area (Å²) >= 11 is 0. The lowest BCUT2D eigenvalue weighted by atomic mass is 10.2. The molecule has 0 heterocycles. The summed E-state index contributed by atoms with van der Waals surface area (Å²) in [6.45, 7) is 7.95. The molecule has 2 aromatic rings. The third-order valence-corrected chi connectivity index (χ3v) is 12.8. The van der Waals surface area contributed by atoms with Gasteiger partial charge in [-0.3, -0.25) is 13.0 Å². The molecule has 3 rings (SSSR count). The van der Waals surface area contributed by atoms with Gasteiger partial charge in [-0.2, -0.15) is 0 Å². The summed E-state index contributed by atoms with van der Waals surface area (Å²) in [5, 5.41) is -0.573. The van der Waals surface area contributed by atoms with Crippen LogP contribution >= 0.6 is 7.60 Å². The van der Waals surface area contributed by atoms with Crippen LogP contribution in [-0.2, 0) is 35.2 Å². The molecule has 0 amide bonds. The van der Waals surface area contributed by atoms with Crippen molar-refractivity contribution in [3.63, 3.8) is 0 Å². The topological polar surface area (TPSA) is 69.7 Å². The Morgan fingerprint density at radius 1 is 0.933 bits per heavy atom. The Morgan fingerprint density at radius 2 is 1.47 bits per heavy atom. The van der Waals surface area contributed by atoms with Crippen LogP contribution in [0.3, 0.4) is 0 Å². The van der Waals surface area contributed by atoms with Gasteiger partial charge in [0.15, 0.2) is 4.49 Å². The Hall–Kier alpha value is -1.11. The second-order valence-corrected chi connectivity index (χ2v) is 13.5. The lowest BCUT2D eigenvalue weighted by Gasteiger charge is -2.27. The van der Waals surface area contributed by atoms with Crippen molar-refractivity contribution in [1.29, 1.82) is 0 Å². The molecule has 1 fully saturated rings. The van der Waals surface area contributed by atoms with E-state index in [1.807, 2.05) is 57.2 Å². The first-order valence-corrected chi connectivity index (χ1v) is 14.0. The molecule has 5 nitrogen and oxygen atoms in total. The van der Waals surface area contributed by atoms with Crippen molar-refractivity contribution in [3.05, 3.63) is 59.7 Å². The fraction of sp³-hybridized carbons (Fsp3) is 0.455. The highest BCUT2D eigenvalue weighted by Gasteiger charge is 2.75. The van der Waals surface area contributed by atoms with Gasteiger partial charge in [0.25, 0.3) is 0 Å². The van der Waals surface area contributed by atoms with Crippen LogP contribution in [0.15, 0.2) is 58.3 Å². The van der Waals surface area contributed by atoms with Gasteiger partial charge in [-0.25, -0.2) is 0 Å². The number of rotatable bonds is 10. The standard InChI is InChI=1S/C22H29O5PS2/c1-5-15-27-28(23,26-6-2)22(30(25)20-13-9-18(4)10-14-20)16-21(22)29(24)19-11-7-17(3)8-12-19/h7-14,21H,5-6,15-16H2,1-4H3/t21-,22-,28?,29-,30+/m1/s1. The molecular formula is C22H29O5PS2. The maximum atomic E-state index is 14.0. The van der Waals surface area contributed by atoms with Gasteiger partial charge in [0, 0.05) is 9.79 Å². The van der Waals surface area contributed by atoms with Gasteiger partial charge in [0.05, 0.1) is 40.1 Å². The minimum absolute atomic E-state index is 0.164. The van der Waals surface area contributed by atoms with E-state index in [-0.39, 0.29) is 19.6 Å². The zero-order valence-corrected chi connectivity index (χ0v) is 20.4. The smallest absolute Gasteiger partial charge is 0.308 e. The monoisotopic (exact) mass is 468 g/mol. The van der Waals surface area contributed by atoms with Gasteiger partial charge >= 0.3 is 7.60 Å². The second-order valence-electron chi connectivity index (χ2n) is 7.48. The largest absolute Gasteiger partial charge is 0.350 e. The van der Waals surface area contributed by atoms with E-state index in [0.29, 0.717) is 16.2 Å². The maximum absolute atomic E-state index is 14.0. The molecule has 30 heavy (non-hydrogen) atoms. The Labute approximate surface area is 184 Å². The van der Waals surface area contributed by atoms with Crippen molar-refractivity contribution in [2.75, 3.05) is 13.2 Å². The van der Waals surface area contributed by atoms with E-state index in [2.05, 4.69) is 0 Å². The fourth-order valence-electron chi connectivity index (χ4n) is 3.37. The average Bonchev–Trinajstić information content (AvgIpc) is 3.50. The molecule has 0 spiro atoms. The summed E-state index contributed by atoms with van der Waals surface area (Å²) in [7, 11) is -6.98. The van der Waals surface area contributed by atoms with E-state index in [9.17, 15) is 13.0 Å².